The smallest absolute Gasteiger partial charge is 0.240 e. The predicted octanol–water partition coefficient (Wildman–Crippen LogP) is 1.31. The second-order valence-corrected chi connectivity index (χ2v) is 6.54. The molecular formula is C14H20N4O2S. The molecule has 114 valence electrons. The van der Waals surface area contributed by atoms with Crippen molar-refractivity contribution in [2.75, 3.05) is 6.54 Å². The van der Waals surface area contributed by atoms with E-state index in [9.17, 15) is 8.42 Å². The summed E-state index contributed by atoms with van der Waals surface area (Å²) in [7, 11) is -3.53. The number of aromatic amines is 1. The first-order valence-electron chi connectivity index (χ1n) is 6.80. The Bertz CT molecular complexity index is 681. The summed E-state index contributed by atoms with van der Waals surface area (Å²) in [5.41, 5.74) is 2.78. The Labute approximate surface area is 125 Å². The van der Waals surface area contributed by atoms with Gasteiger partial charge in [0.05, 0.1) is 17.8 Å². The second-order valence-electron chi connectivity index (χ2n) is 4.77. The molecule has 0 bridgehead atoms. The van der Waals surface area contributed by atoms with Gasteiger partial charge in [0.2, 0.25) is 10.0 Å². The molecule has 1 aromatic carbocycles. The van der Waals surface area contributed by atoms with Crippen molar-refractivity contribution < 1.29 is 8.42 Å². The van der Waals surface area contributed by atoms with Crippen LogP contribution in [0.5, 0.6) is 0 Å². The summed E-state index contributed by atoms with van der Waals surface area (Å²) < 4.78 is 27.2. The van der Waals surface area contributed by atoms with Gasteiger partial charge in [-0.15, -0.1) is 0 Å². The van der Waals surface area contributed by atoms with Crippen molar-refractivity contribution in [1.29, 1.82) is 0 Å². The molecule has 0 spiro atoms. The van der Waals surface area contributed by atoms with Gasteiger partial charge in [0.25, 0.3) is 0 Å². The van der Waals surface area contributed by atoms with Crippen LogP contribution in [-0.2, 0) is 23.1 Å². The number of aromatic nitrogens is 2. The number of hydrogen-bond donors (Lipinski definition) is 3. The van der Waals surface area contributed by atoms with Crippen LogP contribution in [0, 0.1) is 6.92 Å². The topological polar surface area (TPSA) is 86.9 Å². The minimum absolute atomic E-state index is 0.193. The monoisotopic (exact) mass is 308 g/mol. The first-order valence-corrected chi connectivity index (χ1v) is 8.28. The highest BCUT2D eigenvalue weighted by Crippen LogP contribution is 2.16. The maximum absolute atomic E-state index is 12.3. The number of hydrogen-bond acceptors (Lipinski definition) is 4. The maximum Gasteiger partial charge on any atom is 0.240 e. The SMILES string of the molecule is CCNCc1cc(S(=O)(=O)NCc2cnc[nH]2)ccc1C. The number of rotatable bonds is 7. The molecule has 0 radical (unpaired) electrons. The van der Waals surface area contributed by atoms with E-state index in [0.29, 0.717) is 6.54 Å². The fourth-order valence-electron chi connectivity index (χ4n) is 1.90. The lowest BCUT2D eigenvalue weighted by Crippen LogP contribution is -2.24. The molecule has 7 heteroatoms. The van der Waals surface area contributed by atoms with Crippen LogP contribution >= 0.6 is 0 Å². The van der Waals surface area contributed by atoms with Gasteiger partial charge in [-0.2, -0.15) is 0 Å². The lowest BCUT2D eigenvalue weighted by Gasteiger charge is -2.10. The Morgan fingerprint density at radius 3 is 2.76 bits per heavy atom. The number of aryl methyl sites for hydroxylation is 1. The van der Waals surface area contributed by atoms with E-state index >= 15 is 0 Å². The van der Waals surface area contributed by atoms with E-state index in [1.807, 2.05) is 19.9 Å². The molecule has 0 aliphatic carbocycles. The summed E-state index contributed by atoms with van der Waals surface area (Å²) in [4.78, 5) is 7.00. The Hall–Kier alpha value is -1.70. The van der Waals surface area contributed by atoms with E-state index in [1.54, 1.807) is 18.3 Å². The van der Waals surface area contributed by atoms with Crippen molar-refractivity contribution in [1.82, 2.24) is 20.0 Å². The van der Waals surface area contributed by atoms with Gasteiger partial charge in [-0.3, -0.25) is 0 Å². The summed E-state index contributed by atoms with van der Waals surface area (Å²) >= 11 is 0. The van der Waals surface area contributed by atoms with Gasteiger partial charge in [-0.05, 0) is 36.7 Å². The van der Waals surface area contributed by atoms with Gasteiger partial charge >= 0.3 is 0 Å². The van der Waals surface area contributed by atoms with Crippen molar-refractivity contribution in [2.45, 2.75) is 31.8 Å². The largest absolute Gasteiger partial charge is 0.347 e. The molecule has 0 saturated heterocycles. The van der Waals surface area contributed by atoms with Gasteiger partial charge in [0, 0.05) is 18.4 Å². The van der Waals surface area contributed by atoms with Crippen molar-refractivity contribution in [3.63, 3.8) is 0 Å². The predicted molar refractivity (Wildman–Crippen MR) is 81.2 cm³/mol. The number of nitrogens with one attached hydrogen (secondary N) is 3. The number of imidazole rings is 1. The first kappa shape index (κ1) is 15.7. The van der Waals surface area contributed by atoms with Gasteiger partial charge < -0.3 is 10.3 Å². The molecule has 0 aliphatic rings. The molecule has 2 rings (SSSR count). The minimum Gasteiger partial charge on any atom is -0.347 e. The van der Waals surface area contributed by atoms with Crippen LogP contribution in [0.2, 0.25) is 0 Å². The van der Waals surface area contributed by atoms with Gasteiger partial charge in [-0.1, -0.05) is 13.0 Å². The number of benzene rings is 1. The van der Waals surface area contributed by atoms with Crippen molar-refractivity contribution in [2.24, 2.45) is 0 Å². The zero-order valence-corrected chi connectivity index (χ0v) is 13.0. The molecule has 0 saturated carbocycles. The molecule has 0 atom stereocenters. The molecule has 0 aliphatic heterocycles. The third-order valence-electron chi connectivity index (χ3n) is 3.20. The average molecular weight is 308 g/mol. The van der Waals surface area contributed by atoms with Crippen molar-refractivity contribution in [3.8, 4) is 0 Å². The fourth-order valence-corrected chi connectivity index (χ4v) is 2.96. The first-order chi connectivity index (χ1) is 10.0. The van der Waals surface area contributed by atoms with Gasteiger partial charge in [0.15, 0.2) is 0 Å². The number of nitrogens with zero attached hydrogens (tertiary/aromatic N) is 1. The molecule has 2 aromatic rings. The Morgan fingerprint density at radius 2 is 2.10 bits per heavy atom. The summed E-state index contributed by atoms with van der Waals surface area (Å²) in [5.74, 6) is 0. The molecule has 0 amide bonds. The summed E-state index contributed by atoms with van der Waals surface area (Å²) in [6.07, 6.45) is 3.11. The quantitative estimate of drug-likeness (QED) is 0.719. The fraction of sp³-hybridized carbons (Fsp3) is 0.357. The summed E-state index contributed by atoms with van der Waals surface area (Å²) in [6.45, 7) is 5.68. The van der Waals surface area contributed by atoms with Gasteiger partial charge in [-0.25, -0.2) is 18.1 Å². The molecule has 1 heterocycles. The summed E-state index contributed by atoms with van der Waals surface area (Å²) in [6, 6.07) is 5.17. The third-order valence-corrected chi connectivity index (χ3v) is 4.60. The standard InChI is InChI=1S/C14H20N4O2S/c1-3-15-7-12-6-14(5-4-11(12)2)21(19,20)18-9-13-8-16-10-17-13/h4-6,8,10,15,18H,3,7,9H2,1-2H3,(H,16,17). The van der Waals surface area contributed by atoms with E-state index in [2.05, 4.69) is 20.0 Å². The molecule has 0 unspecified atom stereocenters. The lowest BCUT2D eigenvalue weighted by atomic mass is 10.1. The Kier molecular flexibility index (Phi) is 5.11. The number of H-pyrrole nitrogens is 1. The van der Waals surface area contributed by atoms with E-state index in [4.69, 9.17) is 0 Å². The third kappa shape index (κ3) is 4.13. The Morgan fingerprint density at radius 1 is 1.29 bits per heavy atom. The molecule has 1 aromatic heterocycles. The highest BCUT2D eigenvalue weighted by Gasteiger charge is 2.15. The van der Waals surface area contributed by atoms with Crippen molar-refractivity contribution in [3.05, 3.63) is 47.5 Å². The lowest BCUT2D eigenvalue weighted by molar-refractivity contribution is 0.580. The zero-order chi connectivity index (χ0) is 15.3. The molecule has 21 heavy (non-hydrogen) atoms. The molecule has 0 fully saturated rings. The maximum atomic E-state index is 12.3. The van der Waals surface area contributed by atoms with Crippen LogP contribution in [0.4, 0.5) is 0 Å². The van der Waals surface area contributed by atoms with E-state index in [-0.39, 0.29) is 11.4 Å². The van der Waals surface area contributed by atoms with Crippen LogP contribution < -0.4 is 10.0 Å². The van der Waals surface area contributed by atoms with Crippen LogP contribution in [0.3, 0.4) is 0 Å². The van der Waals surface area contributed by atoms with Crippen LogP contribution in [0.15, 0.2) is 35.6 Å². The highest BCUT2D eigenvalue weighted by atomic mass is 32.2. The minimum atomic E-state index is -3.53. The van der Waals surface area contributed by atoms with Crippen LogP contribution in [0.25, 0.3) is 0 Å². The van der Waals surface area contributed by atoms with Crippen molar-refractivity contribution >= 4 is 10.0 Å². The van der Waals surface area contributed by atoms with E-state index < -0.39 is 10.0 Å². The zero-order valence-electron chi connectivity index (χ0n) is 12.2. The summed E-state index contributed by atoms with van der Waals surface area (Å²) in [5, 5.41) is 3.21. The second kappa shape index (κ2) is 6.84. The van der Waals surface area contributed by atoms with E-state index in [1.165, 1.54) is 6.33 Å². The normalized spacial score (nSPS) is 11.7. The average Bonchev–Trinajstić information content (AvgIpc) is 2.97. The van der Waals surface area contributed by atoms with Gasteiger partial charge in [0.1, 0.15) is 0 Å². The molecule has 6 nitrogen and oxygen atoms in total. The molecular weight excluding hydrogens is 288 g/mol. The van der Waals surface area contributed by atoms with Crippen LogP contribution in [-0.4, -0.2) is 24.9 Å². The highest BCUT2D eigenvalue weighted by molar-refractivity contribution is 7.89. The van der Waals surface area contributed by atoms with E-state index in [0.717, 1.165) is 23.4 Å². The van der Waals surface area contributed by atoms with Crippen LogP contribution in [0.1, 0.15) is 23.7 Å². The number of sulfonamides is 1. The Balaban J connectivity index is 2.15. The molecule has 3 N–H and O–H groups in total.